The molecule has 1 aliphatic rings. The van der Waals surface area contributed by atoms with E-state index < -0.39 is 0 Å². The molecule has 1 heterocycles. The number of rotatable bonds is 4. The van der Waals surface area contributed by atoms with E-state index in [1.54, 1.807) is 7.11 Å². The molecule has 2 N–H and O–H groups in total. The van der Waals surface area contributed by atoms with E-state index in [9.17, 15) is 0 Å². The summed E-state index contributed by atoms with van der Waals surface area (Å²) in [6, 6.07) is 0. The first kappa shape index (κ1) is 23.0. The Kier molecular flexibility index (Phi) is 32.7. The topological polar surface area (TPSA) is 47.7 Å². The second-order valence-corrected chi connectivity index (χ2v) is 3.18. The van der Waals surface area contributed by atoms with Crippen LogP contribution in [0.25, 0.3) is 0 Å². The van der Waals surface area contributed by atoms with Crippen LogP contribution < -0.4 is 5.73 Å². The molecule has 0 aliphatic carbocycles. The number of ether oxygens (including phenoxy) is 2. The second-order valence-electron chi connectivity index (χ2n) is 3.18. The predicted octanol–water partition coefficient (Wildman–Crippen LogP) is 2.62. The summed E-state index contributed by atoms with van der Waals surface area (Å²) in [6.45, 7) is 17.0. The summed E-state index contributed by atoms with van der Waals surface area (Å²) >= 11 is 0. The van der Waals surface area contributed by atoms with Crippen LogP contribution in [0.15, 0.2) is 0 Å². The van der Waals surface area contributed by atoms with Crippen LogP contribution in [-0.2, 0) is 9.47 Å². The summed E-state index contributed by atoms with van der Waals surface area (Å²) in [5.41, 5.74) is 5.13. The van der Waals surface area contributed by atoms with Gasteiger partial charge in [-0.3, -0.25) is 4.90 Å². The van der Waals surface area contributed by atoms with Gasteiger partial charge in [0, 0.05) is 28.2 Å². The molecule has 1 saturated heterocycles. The molecule has 0 radical (unpaired) electrons. The molecule has 1 rings (SSSR count). The first-order valence-corrected chi connectivity index (χ1v) is 7.34. The molecule has 0 aromatic heterocycles. The van der Waals surface area contributed by atoms with Gasteiger partial charge in [-0.05, 0) is 19.5 Å². The van der Waals surface area contributed by atoms with Gasteiger partial charge in [0.1, 0.15) is 0 Å². The molecule has 0 aromatic rings. The maximum atomic E-state index is 5.16. The van der Waals surface area contributed by atoms with Gasteiger partial charge in [-0.25, -0.2) is 0 Å². The fourth-order valence-electron chi connectivity index (χ4n) is 1.15. The van der Waals surface area contributed by atoms with Crippen LogP contribution in [0.5, 0.6) is 0 Å². The maximum absolute atomic E-state index is 5.16. The Balaban J connectivity index is -0.0000000922. The molecule has 0 atom stereocenters. The van der Waals surface area contributed by atoms with Crippen molar-refractivity contribution in [3.05, 3.63) is 0 Å². The molecule has 116 valence electrons. The summed E-state index contributed by atoms with van der Waals surface area (Å²) in [4.78, 5) is 2.39. The second kappa shape index (κ2) is 25.6. The molecule has 0 saturated carbocycles. The molecule has 1 aliphatic heterocycles. The predicted molar refractivity (Wildman–Crippen MR) is 83.3 cm³/mol. The van der Waals surface area contributed by atoms with Gasteiger partial charge >= 0.3 is 0 Å². The Morgan fingerprint density at radius 1 is 1.17 bits per heavy atom. The minimum Gasteiger partial charge on any atom is -0.385 e. The van der Waals surface area contributed by atoms with Crippen molar-refractivity contribution in [1.82, 2.24) is 4.90 Å². The highest BCUT2D eigenvalue weighted by Crippen LogP contribution is 1.93. The van der Waals surface area contributed by atoms with Crippen molar-refractivity contribution >= 4 is 0 Å². The Morgan fingerprint density at radius 3 is 1.89 bits per heavy atom. The number of nitrogens with zero attached hydrogens (tertiary/aromatic N) is 1. The molecule has 4 heteroatoms. The first-order valence-electron chi connectivity index (χ1n) is 7.34. The van der Waals surface area contributed by atoms with Crippen LogP contribution in [0.1, 0.15) is 42.5 Å². The van der Waals surface area contributed by atoms with Crippen LogP contribution in [-0.4, -0.2) is 58.0 Å². The van der Waals surface area contributed by atoms with Gasteiger partial charge in [0.15, 0.2) is 0 Å². The molecule has 0 amide bonds. The number of likely N-dealkylation sites (N-methyl/N-ethyl adjacent to an activating group) is 1. The lowest BCUT2D eigenvalue weighted by Gasteiger charge is -2.24. The normalized spacial score (nSPS) is 14.2. The molecule has 0 bridgehead atoms. The number of nitrogens with two attached hydrogens (primary N) is 1. The Morgan fingerprint density at radius 2 is 1.67 bits per heavy atom. The fourth-order valence-corrected chi connectivity index (χ4v) is 1.15. The van der Waals surface area contributed by atoms with E-state index in [4.69, 9.17) is 15.2 Å². The third-order valence-electron chi connectivity index (χ3n) is 2.10. The SMILES string of the molecule is CC.CC.CCN1CCOCC1.COCCCN.[HH]. The number of morpholine rings is 1. The van der Waals surface area contributed by atoms with Crippen LogP contribution in [0.4, 0.5) is 0 Å². The van der Waals surface area contributed by atoms with Crippen LogP contribution >= 0.6 is 0 Å². The van der Waals surface area contributed by atoms with Gasteiger partial charge in [-0.1, -0.05) is 34.6 Å². The number of hydrogen-bond acceptors (Lipinski definition) is 4. The van der Waals surface area contributed by atoms with Gasteiger partial charge in [0.2, 0.25) is 0 Å². The first-order chi connectivity index (χ1) is 8.85. The third-order valence-corrected chi connectivity index (χ3v) is 2.10. The minimum atomic E-state index is 0. The third kappa shape index (κ3) is 21.2. The van der Waals surface area contributed by atoms with Crippen LogP contribution in [0, 0.1) is 0 Å². The lowest BCUT2D eigenvalue weighted by molar-refractivity contribution is 0.0405. The smallest absolute Gasteiger partial charge is 0.0594 e. The van der Waals surface area contributed by atoms with Crippen molar-refractivity contribution in [3.63, 3.8) is 0 Å². The lowest BCUT2D eigenvalue weighted by atomic mass is 10.4. The zero-order valence-corrected chi connectivity index (χ0v) is 13.5. The van der Waals surface area contributed by atoms with Crippen molar-refractivity contribution in [2.24, 2.45) is 5.73 Å². The molecule has 1 fully saturated rings. The molecule has 18 heavy (non-hydrogen) atoms. The van der Waals surface area contributed by atoms with E-state index in [0.717, 1.165) is 45.9 Å². The molecule has 4 nitrogen and oxygen atoms in total. The van der Waals surface area contributed by atoms with Gasteiger partial charge in [-0.15, -0.1) is 0 Å². The van der Waals surface area contributed by atoms with E-state index in [1.807, 2.05) is 27.7 Å². The average molecular weight is 266 g/mol. The standard InChI is InChI=1S/C6H13NO.C4H11NO.2C2H6.H2/c1-2-7-3-5-8-6-4-7;1-6-4-2-3-5;2*1-2;/h2-6H2,1H3;2-5H2,1H3;2*1-2H3;1H. The van der Waals surface area contributed by atoms with E-state index in [-0.39, 0.29) is 1.43 Å². The zero-order valence-electron chi connectivity index (χ0n) is 13.5. The van der Waals surface area contributed by atoms with Gasteiger partial charge < -0.3 is 15.2 Å². The van der Waals surface area contributed by atoms with Gasteiger partial charge in [-0.2, -0.15) is 0 Å². The lowest BCUT2D eigenvalue weighted by Crippen LogP contribution is -2.35. The van der Waals surface area contributed by atoms with Crippen LogP contribution in [0.2, 0.25) is 0 Å². The average Bonchev–Trinajstić information content (AvgIpc) is 2.50. The Hall–Kier alpha value is -0.160. The van der Waals surface area contributed by atoms with Crippen molar-refractivity contribution in [1.29, 1.82) is 0 Å². The van der Waals surface area contributed by atoms with E-state index in [0.29, 0.717) is 0 Å². The van der Waals surface area contributed by atoms with Crippen molar-refractivity contribution in [2.45, 2.75) is 41.0 Å². The highest BCUT2D eigenvalue weighted by Gasteiger charge is 2.05. The van der Waals surface area contributed by atoms with Crippen LogP contribution in [0.3, 0.4) is 0 Å². The van der Waals surface area contributed by atoms with Crippen molar-refractivity contribution in [2.75, 3.05) is 53.1 Å². The number of methoxy groups -OCH3 is 1. The quantitative estimate of drug-likeness (QED) is 0.795. The summed E-state index contributed by atoms with van der Waals surface area (Å²) < 4.78 is 9.86. The highest BCUT2D eigenvalue weighted by molar-refractivity contribution is 4.57. The molecule has 0 aromatic carbocycles. The summed E-state index contributed by atoms with van der Waals surface area (Å²) in [5.74, 6) is 0. The maximum Gasteiger partial charge on any atom is 0.0594 e. The van der Waals surface area contributed by atoms with E-state index >= 15 is 0 Å². The summed E-state index contributed by atoms with van der Waals surface area (Å²) in [5, 5.41) is 0. The Labute approximate surface area is 116 Å². The highest BCUT2D eigenvalue weighted by atomic mass is 16.5. The van der Waals surface area contributed by atoms with E-state index in [2.05, 4.69) is 11.8 Å². The molecule has 0 spiro atoms. The number of hydrogen-bond donors (Lipinski definition) is 1. The van der Waals surface area contributed by atoms with Gasteiger partial charge in [0.05, 0.1) is 13.2 Å². The zero-order chi connectivity index (χ0) is 14.6. The monoisotopic (exact) mass is 266 g/mol. The molecule has 0 unspecified atom stereocenters. The van der Waals surface area contributed by atoms with E-state index in [1.165, 1.54) is 6.54 Å². The molecular weight excluding hydrogens is 228 g/mol. The van der Waals surface area contributed by atoms with Crippen molar-refractivity contribution in [3.8, 4) is 0 Å². The fraction of sp³-hybridized carbons (Fsp3) is 1.00. The van der Waals surface area contributed by atoms with Gasteiger partial charge in [0.25, 0.3) is 0 Å². The summed E-state index contributed by atoms with van der Waals surface area (Å²) in [6.07, 6.45) is 0.969. The summed E-state index contributed by atoms with van der Waals surface area (Å²) in [7, 11) is 1.68. The largest absolute Gasteiger partial charge is 0.385 e. The Bertz CT molecular complexity index is 110. The minimum absolute atomic E-state index is 0. The molecular formula is C14H38N2O2. The van der Waals surface area contributed by atoms with Crippen molar-refractivity contribution < 1.29 is 10.9 Å².